The molecule has 2 heterocycles. The van der Waals surface area contributed by atoms with Gasteiger partial charge < -0.3 is 19.3 Å². The first kappa shape index (κ1) is 26.5. The minimum atomic E-state index is -4.89. The summed E-state index contributed by atoms with van der Waals surface area (Å²) in [5.41, 5.74) is 0.528. The third-order valence-electron chi connectivity index (χ3n) is 9.07. The van der Waals surface area contributed by atoms with Crippen molar-refractivity contribution in [1.82, 2.24) is 9.80 Å². The van der Waals surface area contributed by atoms with Crippen LogP contribution >= 0.6 is 0 Å². The van der Waals surface area contributed by atoms with Crippen LogP contribution in [0.1, 0.15) is 62.8 Å². The fraction of sp³-hybridized carbons (Fsp3) is 0.714. The molecule has 1 aromatic rings. The lowest BCUT2D eigenvalue weighted by Crippen LogP contribution is -2.50. The van der Waals surface area contributed by atoms with Crippen LogP contribution in [0.15, 0.2) is 30.3 Å². The first-order valence-electron chi connectivity index (χ1n) is 13.6. The summed E-state index contributed by atoms with van der Waals surface area (Å²) in [7, 11) is 1.44. The van der Waals surface area contributed by atoms with Gasteiger partial charge in [0.25, 0.3) is 0 Å². The van der Waals surface area contributed by atoms with Gasteiger partial charge in [0.05, 0.1) is 31.3 Å². The van der Waals surface area contributed by atoms with Crippen molar-refractivity contribution in [2.75, 3.05) is 33.4 Å². The standard InChI is InChI=1S/C28H37F3N2O4/c1-36-25(34)21-9-7-19(8-10-21)17-32-13-11-27(12-14-32)16-22(18-37-27)33(26(35)28(29,30)31)24-15-23(24)20-5-3-2-4-6-20/h2-6,19,21-24H,7-18H2,1H3/t19-,21-,22?,23-,24+/m0/s1. The number of hydrogen-bond acceptors (Lipinski definition) is 5. The van der Waals surface area contributed by atoms with Gasteiger partial charge in [0.2, 0.25) is 0 Å². The average molecular weight is 523 g/mol. The van der Waals surface area contributed by atoms with Crippen molar-refractivity contribution in [2.24, 2.45) is 11.8 Å². The lowest BCUT2D eigenvalue weighted by Gasteiger charge is -2.41. The van der Waals surface area contributed by atoms with E-state index in [1.807, 2.05) is 30.3 Å². The highest BCUT2D eigenvalue weighted by Gasteiger charge is 2.57. The van der Waals surface area contributed by atoms with Crippen molar-refractivity contribution in [3.8, 4) is 0 Å². The van der Waals surface area contributed by atoms with Gasteiger partial charge in [-0.25, -0.2) is 0 Å². The number of carbonyl (C=O) groups excluding carboxylic acids is 2. The topological polar surface area (TPSA) is 59.1 Å². The smallest absolute Gasteiger partial charge is 0.469 e. The molecule has 1 unspecified atom stereocenters. The number of carbonyl (C=O) groups is 2. The number of esters is 1. The van der Waals surface area contributed by atoms with Gasteiger partial charge >= 0.3 is 18.1 Å². The van der Waals surface area contributed by atoms with Crippen LogP contribution in [0.5, 0.6) is 0 Å². The summed E-state index contributed by atoms with van der Waals surface area (Å²) in [5.74, 6) is -1.32. The van der Waals surface area contributed by atoms with E-state index in [0.717, 1.165) is 68.6 Å². The summed E-state index contributed by atoms with van der Waals surface area (Å²) >= 11 is 0. The molecule has 4 fully saturated rings. The van der Waals surface area contributed by atoms with Gasteiger partial charge in [-0.1, -0.05) is 30.3 Å². The van der Waals surface area contributed by atoms with Gasteiger partial charge in [-0.05, 0) is 62.8 Å². The van der Waals surface area contributed by atoms with Crippen LogP contribution in [0.3, 0.4) is 0 Å². The fourth-order valence-corrected chi connectivity index (χ4v) is 6.88. The second kappa shape index (κ2) is 10.6. The lowest BCUT2D eigenvalue weighted by molar-refractivity contribution is -0.188. The van der Waals surface area contributed by atoms with Crippen LogP contribution < -0.4 is 0 Å². The molecule has 0 N–H and O–H groups in total. The Labute approximate surface area is 216 Å². The Morgan fingerprint density at radius 1 is 1.11 bits per heavy atom. The molecule has 37 heavy (non-hydrogen) atoms. The maximum absolute atomic E-state index is 13.6. The van der Waals surface area contributed by atoms with Crippen LogP contribution in [0.2, 0.25) is 0 Å². The molecule has 9 heteroatoms. The number of benzene rings is 1. The number of amides is 1. The van der Waals surface area contributed by atoms with Crippen LogP contribution in [-0.2, 0) is 19.1 Å². The monoisotopic (exact) mass is 522 g/mol. The molecule has 0 bridgehead atoms. The third kappa shape index (κ3) is 5.82. The van der Waals surface area contributed by atoms with E-state index < -0.39 is 29.8 Å². The number of nitrogens with zero attached hydrogens (tertiary/aromatic N) is 2. The van der Waals surface area contributed by atoms with Crippen LogP contribution in [0.25, 0.3) is 0 Å². The van der Waals surface area contributed by atoms with Crippen LogP contribution in [0, 0.1) is 11.8 Å². The summed E-state index contributed by atoms with van der Waals surface area (Å²) in [5, 5.41) is 0. The second-order valence-electron chi connectivity index (χ2n) is 11.4. The highest BCUT2D eigenvalue weighted by Crippen LogP contribution is 2.49. The third-order valence-corrected chi connectivity index (χ3v) is 9.07. The molecule has 2 saturated carbocycles. The predicted molar refractivity (Wildman–Crippen MR) is 131 cm³/mol. The van der Waals surface area contributed by atoms with E-state index in [1.54, 1.807) is 0 Å². The highest BCUT2D eigenvalue weighted by molar-refractivity contribution is 5.83. The lowest BCUT2D eigenvalue weighted by atomic mass is 9.81. The fourth-order valence-electron chi connectivity index (χ4n) is 6.88. The highest BCUT2D eigenvalue weighted by atomic mass is 19.4. The summed E-state index contributed by atoms with van der Waals surface area (Å²) in [6.45, 7) is 2.82. The molecule has 6 nitrogen and oxygen atoms in total. The quantitative estimate of drug-likeness (QED) is 0.514. The van der Waals surface area contributed by atoms with Gasteiger partial charge in [0.15, 0.2) is 0 Å². The van der Waals surface area contributed by atoms with Gasteiger partial charge in [-0.15, -0.1) is 0 Å². The van der Waals surface area contributed by atoms with E-state index in [1.165, 1.54) is 7.11 Å². The summed E-state index contributed by atoms with van der Waals surface area (Å²) in [6.07, 6.45) is 1.42. The van der Waals surface area contributed by atoms with Crippen LogP contribution in [-0.4, -0.2) is 78.9 Å². The molecule has 0 radical (unpaired) electrons. The molecule has 2 aliphatic heterocycles. The van der Waals surface area contributed by atoms with E-state index in [9.17, 15) is 22.8 Å². The Morgan fingerprint density at radius 2 is 1.78 bits per heavy atom. The first-order chi connectivity index (χ1) is 17.7. The molecule has 1 spiro atoms. The summed E-state index contributed by atoms with van der Waals surface area (Å²) in [6, 6.07) is 8.51. The number of halogens is 3. The Hall–Kier alpha value is -2.13. The van der Waals surface area contributed by atoms with E-state index in [-0.39, 0.29) is 24.4 Å². The van der Waals surface area contributed by atoms with E-state index in [0.29, 0.717) is 18.8 Å². The molecule has 0 aromatic heterocycles. The number of methoxy groups -OCH3 is 1. The van der Waals surface area contributed by atoms with Gasteiger partial charge in [-0.2, -0.15) is 13.2 Å². The number of likely N-dealkylation sites (tertiary alicyclic amines) is 1. The molecular formula is C28H37F3N2O4. The normalized spacial score (nSPS) is 31.7. The number of rotatable bonds is 6. The maximum Gasteiger partial charge on any atom is 0.471 e. The van der Waals surface area contributed by atoms with Crippen molar-refractivity contribution >= 4 is 11.9 Å². The van der Waals surface area contributed by atoms with Crippen molar-refractivity contribution in [3.05, 3.63) is 35.9 Å². The van der Waals surface area contributed by atoms with Gasteiger partial charge in [0, 0.05) is 31.6 Å². The number of ether oxygens (including phenoxy) is 2. The molecule has 2 aliphatic carbocycles. The molecule has 2 saturated heterocycles. The van der Waals surface area contributed by atoms with Gasteiger partial charge in [0.1, 0.15) is 0 Å². The summed E-state index contributed by atoms with van der Waals surface area (Å²) in [4.78, 5) is 27.9. The van der Waals surface area contributed by atoms with E-state index in [4.69, 9.17) is 9.47 Å². The minimum absolute atomic E-state index is 0.0185. The zero-order valence-corrected chi connectivity index (χ0v) is 21.4. The van der Waals surface area contributed by atoms with Crippen molar-refractivity contribution in [2.45, 2.75) is 81.1 Å². The predicted octanol–water partition coefficient (Wildman–Crippen LogP) is 4.54. The molecular weight excluding hydrogens is 485 g/mol. The Kier molecular flexibility index (Phi) is 7.56. The first-order valence-corrected chi connectivity index (χ1v) is 13.6. The molecule has 1 aromatic carbocycles. The zero-order valence-electron chi connectivity index (χ0n) is 21.4. The zero-order chi connectivity index (χ0) is 26.2. The second-order valence-corrected chi connectivity index (χ2v) is 11.4. The number of hydrogen-bond donors (Lipinski definition) is 0. The Bertz CT molecular complexity index is 956. The van der Waals surface area contributed by atoms with Crippen molar-refractivity contribution in [3.63, 3.8) is 0 Å². The largest absolute Gasteiger partial charge is 0.471 e. The average Bonchev–Trinajstić information content (AvgIpc) is 3.58. The molecule has 204 valence electrons. The Morgan fingerprint density at radius 3 is 2.41 bits per heavy atom. The van der Waals surface area contributed by atoms with Crippen molar-refractivity contribution < 1.29 is 32.2 Å². The number of alkyl halides is 3. The van der Waals surface area contributed by atoms with Crippen LogP contribution in [0.4, 0.5) is 13.2 Å². The van der Waals surface area contributed by atoms with E-state index >= 15 is 0 Å². The van der Waals surface area contributed by atoms with E-state index in [2.05, 4.69) is 4.90 Å². The minimum Gasteiger partial charge on any atom is -0.469 e. The SMILES string of the molecule is COC(=O)[C@H]1CC[C@H](CN2CCC3(CC2)CC(N(C(=O)C(F)(F)F)[C@@H]2C[C@H]2c2ccccc2)CO3)CC1. The number of piperidine rings is 1. The molecule has 1 amide bonds. The summed E-state index contributed by atoms with van der Waals surface area (Å²) < 4.78 is 51.9. The maximum atomic E-state index is 13.6. The molecule has 5 rings (SSSR count). The molecule has 4 aliphatic rings. The molecule has 3 atom stereocenters. The van der Waals surface area contributed by atoms with Crippen molar-refractivity contribution in [1.29, 1.82) is 0 Å². The van der Waals surface area contributed by atoms with Gasteiger partial charge in [-0.3, -0.25) is 9.59 Å². The Balaban J connectivity index is 1.16.